The predicted octanol–water partition coefficient (Wildman–Crippen LogP) is 8.24. The maximum Gasteiger partial charge on any atom is 0.337 e. The van der Waals surface area contributed by atoms with E-state index in [0.29, 0.717) is 36.8 Å². The maximum absolute atomic E-state index is 13.0. The van der Waals surface area contributed by atoms with Gasteiger partial charge in [0.1, 0.15) is 0 Å². The molecule has 0 saturated heterocycles. The van der Waals surface area contributed by atoms with E-state index in [9.17, 15) is 31.5 Å². The minimum absolute atomic E-state index is 0.00430. The zero-order valence-electron chi connectivity index (χ0n) is 28.0. The van der Waals surface area contributed by atoms with Crippen molar-refractivity contribution in [2.45, 2.75) is 85.5 Å². The number of aromatic carboxylic acids is 1. The quantitative estimate of drug-likeness (QED) is 0.182. The molecule has 0 heterocycles. The molecule has 0 atom stereocenters. The number of carbonyl (C=O) groups excluding carboxylic acids is 1. The first-order valence-electron chi connectivity index (χ1n) is 16.5. The van der Waals surface area contributed by atoms with Crippen molar-refractivity contribution in [3.05, 3.63) is 107 Å². The summed E-state index contributed by atoms with van der Waals surface area (Å²) in [6.07, 6.45) is 6.37. The van der Waals surface area contributed by atoms with Gasteiger partial charge in [-0.05, 0) is 98.2 Å². The number of hydrogen-bond donors (Lipinski definition) is 1. The van der Waals surface area contributed by atoms with Crippen molar-refractivity contribution < 1.29 is 36.3 Å². The van der Waals surface area contributed by atoms with Gasteiger partial charge in [-0.1, -0.05) is 85.3 Å². The molecule has 0 aliphatic heterocycles. The van der Waals surface area contributed by atoms with E-state index in [4.69, 9.17) is 4.74 Å². The Balaban J connectivity index is 0.000000191. The molecule has 8 nitrogen and oxygen atoms in total. The number of aryl methyl sites for hydroxylation is 2. The maximum atomic E-state index is 13.0. The van der Waals surface area contributed by atoms with Crippen LogP contribution in [0.4, 0.5) is 0 Å². The lowest BCUT2D eigenvalue weighted by molar-refractivity contribution is 0.0599. The molecule has 0 aromatic heterocycles. The third kappa shape index (κ3) is 8.31. The highest BCUT2D eigenvalue weighted by atomic mass is 32.2. The van der Waals surface area contributed by atoms with Crippen molar-refractivity contribution in [1.29, 1.82) is 0 Å². The number of ether oxygens (including phenoxy) is 1. The van der Waals surface area contributed by atoms with E-state index in [1.807, 2.05) is 62.4 Å². The Morgan fingerprint density at radius 2 is 0.939 bits per heavy atom. The van der Waals surface area contributed by atoms with Crippen LogP contribution in [0.1, 0.15) is 83.2 Å². The number of hydrogen-bond acceptors (Lipinski definition) is 7. The average Bonchev–Trinajstić information content (AvgIpc) is 3.85. The van der Waals surface area contributed by atoms with E-state index in [1.165, 1.54) is 25.3 Å². The Kier molecular flexibility index (Phi) is 11.1. The standard InChI is InChI=1S/C20H22O4S.C19H20O4S/c1-14-7-9-15(10-8-14)16-11-17(20(21)24-2)13-19(12-16)25(22,23)18-5-3-4-6-18;1-13-6-8-14(9-7-13)15-10-16(19(20)21)12-18(11-15)24(22,23)17-4-2-3-5-17/h7-13,18H,3-6H2,1-2H3;6-12,17H,2-5H2,1H3,(H,20,21). The summed E-state index contributed by atoms with van der Waals surface area (Å²) in [6.45, 7) is 3.96. The van der Waals surface area contributed by atoms with Gasteiger partial charge in [0.2, 0.25) is 0 Å². The van der Waals surface area contributed by atoms with Gasteiger partial charge in [-0.15, -0.1) is 0 Å². The zero-order chi connectivity index (χ0) is 35.3. The van der Waals surface area contributed by atoms with Crippen LogP contribution < -0.4 is 0 Å². The number of sulfone groups is 2. The number of esters is 1. The largest absolute Gasteiger partial charge is 0.478 e. The molecule has 4 aromatic carbocycles. The molecule has 1 N–H and O–H groups in total. The molecule has 6 rings (SSSR count). The van der Waals surface area contributed by atoms with E-state index >= 15 is 0 Å². The second-order valence-corrected chi connectivity index (χ2v) is 17.4. The van der Waals surface area contributed by atoms with Gasteiger partial charge in [0.05, 0.1) is 38.5 Å². The van der Waals surface area contributed by atoms with Crippen LogP contribution in [0.2, 0.25) is 0 Å². The number of rotatable bonds is 8. The van der Waals surface area contributed by atoms with Gasteiger partial charge in [-0.25, -0.2) is 26.4 Å². The molecule has 2 saturated carbocycles. The highest BCUT2D eigenvalue weighted by Gasteiger charge is 2.32. The van der Waals surface area contributed by atoms with Crippen LogP contribution in [0.3, 0.4) is 0 Å². The van der Waals surface area contributed by atoms with Crippen molar-refractivity contribution in [3.8, 4) is 22.3 Å². The van der Waals surface area contributed by atoms with Crippen molar-refractivity contribution in [2.24, 2.45) is 0 Å². The van der Waals surface area contributed by atoms with Gasteiger partial charge in [0, 0.05) is 0 Å². The Labute approximate surface area is 289 Å². The topological polar surface area (TPSA) is 132 Å². The molecule has 258 valence electrons. The molecule has 4 aromatic rings. The van der Waals surface area contributed by atoms with Gasteiger partial charge < -0.3 is 9.84 Å². The van der Waals surface area contributed by atoms with E-state index < -0.39 is 36.9 Å². The Morgan fingerprint density at radius 1 is 0.571 bits per heavy atom. The highest BCUT2D eigenvalue weighted by Crippen LogP contribution is 2.34. The third-order valence-corrected chi connectivity index (χ3v) is 13.9. The molecule has 49 heavy (non-hydrogen) atoms. The first-order chi connectivity index (χ1) is 23.3. The summed E-state index contributed by atoms with van der Waals surface area (Å²) in [5.41, 5.74) is 5.48. The first kappa shape index (κ1) is 36.0. The minimum atomic E-state index is -3.50. The summed E-state index contributed by atoms with van der Waals surface area (Å²) in [5, 5.41) is 8.61. The van der Waals surface area contributed by atoms with Crippen LogP contribution >= 0.6 is 0 Å². The summed E-state index contributed by atoms with van der Waals surface area (Å²) < 4.78 is 56.5. The van der Waals surface area contributed by atoms with E-state index in [0.717, 1.165) is 47.9 Å². The van der Waals surface area contributed by atoms with E-state index in [2.05, 4.69) is 0 Å². The Bertz CT molecular complexity index is 2040. The smallest absolute Gasteiger partial charge is 0.337 e. The average molecular weight is 703 g/mol. The molecule has 0 unspecified atom stereocenters. The molecule has 0 radical (unpaired) electrons. The summed E-state index contributed by atoms with van der Waals surface area (Å²) in [6, 6.07) is 24.6. The summed E-state index contributed by atoms with van der Waals surface area (Å²) in [7, 11) is -5.65. The van der Waals surface area contributed by atoms with Crippen LogP contribution in [-0.2, 0) is 24.4 Å². The van der Waals surface area contributed by atoms with E-state index in [-0.39, 0.29) is 26.2 Å². The summed E-state index contributed by atoms with van der Waals surface area (Å²) in [4.78, 5) is 23.8. The molecule has 2 aliphatic rings. The summed E-state index contributed by atoms with van der Waals surface area (Å²) >= 11 is 0. The fourth-order valence-corrected chi connectivity index (χ4v) is 10.3. The van der Waals surface area contributed by atoms with Gasteiger partial charge in [0.25, 0.3) is 0 Å². The second-order valence-electron chi connectivity index (χ2n) is 12.9. The van der Waals surface area contributed by atoms with Crippen molar-refractivity contribution in [1.82, 2.24) is 0 Å². The predicted molar refractivity (Wildman–Crippen MR) is 190 cm³/mol. The minimum Gasteiger partial charge on any atom is -0.478 e. The van der Waals surface area contributed by atoms with Crippen LogP contribution in [0.5, 0.6) is 0 Å². The SMILES string of the molecule is COC(=O)c1cc(-c2ccc(C)cc2)cc(S(=O)(=O)C2CCCC2)c1.Cc1ccc(-c2cc(C(=O)O)cc(S(=O)(=O)C3CCCC3)c2)cc1. The molecule has 2 fully saturated rings. The summed E-state index contributed by atoms with van der Waals surface area (Å²) in [5.74, 6) is -1.65. The lowest BCUT2D eigenvalue weighted by Crippen LogP contribution is -2.18. The third-order valence-electron chi connectivity index (χ3n) is 9.39. The van der Waals surface area contributed by atoms with Gasteiger partial charge in [-0.3, -0.25) is 0 Å². The number of carbonyl (C=O) groups is 2. The first-order valence-corrected chi connectivity index (χ1v) is 19.6. The van der Waals surface area contributed by atoms with Gasteiger partial charge in [0.15, 0.2) is 19.7 Å². The van der Waals surface area contributed by atoms with Crippen LogP contribution in [0, 0.1) is 13.8 Å². The monoisotopic (exact) mass is 702 g/mol. The Morgan fingerprint density at radius 3 is 1.31 bits per heavy atom. The number of methoxy groups -OCH3 is 1. The molecular weight excluding hydrogens is 661 g/mol. The van der Waals surface area contributed by atoms with Crippen LogP contribution in [0.25, 0.3) is 22.3 Å². The van der Waals surface area contributed by atoms with Gasteiger partial charge in [-0.2, -0.15) is 0 Å². The lowest BCUT2D eigenvalue weighted by Gasteiger charge is -2.14. The highest BCUT2D eigenvalue weighted by molar-refractivity contribution is 7.92. The second kappa shape index (κ2) is 15.1. The lowest BCUT2D eigenvalue weighted by atomic mass is 10.0. The van der Waals surface area contributed by atoms with E-state index in [1.54, 1.807) is 18.2 Å². The molecule has 0 spiro atoms. The number of carboxylic acids is 1. The molecule has 10 heteroatoms. The molecule has 0 bridgehead atoms. The molecule has 2 aliphatic carbocycles. The zero-order valence-corrected chi connectivity index (χ0v) is 29.6. The fourth-order valence-electron chi connectivity index (χ4n) is 6.49. The van der Waals surface area contributed by atoms with Gasteiger partial charge >= 0.3 is 11.9 Å². The molecule has 0 amide bonds. The number of benzene rings is 4. The normalized spacial score (nSPS) is 15.4. The molecular formula is C39H42O8S2. The van der Waals surface area contributed by atoms with Crippen molar-refractivity contribution in [3.63, 3.8) is 0 Å². The fraction of sp³-hybridized carbons (Fsp3) is 0.333. The number of carboxylic acid groups (broad SMARTS) is 1. The van der Waals surface area contributed by atoms with Crippen molar-refractivity contribution >= 4 is 31.6 Å². The van der Waals surface area contributed by atoms with Crippen LogP contribution in [-0.4, -0.2) is 51.5 Å². The Hall–Kier alpha value is -4.28. The van der Waals surface area contributed by atoms with Crippen LogP contribution in [0.15, 0.2) is 94.7 Å². The van der Waals surface area contributed by atoms with Crippen molar-refractivity contribution in [2.75, 3.05) is 7.11 Å².